The maximum atomic E-state index is 13.0. The highest BCUT2D eigenvalue weighted by Gasteiger charge is 2.20. The predicted molar refractivity (Wildman–Crippen MR) is 106 cm³/mol. The molecule has 0 aliphatic rings. The fourth-order valence-corrected chi connectivity index (χ4v) is 2.74. The van der Waals surface area contributed by atoms with Gasteiger partial charge in [0.25, 0.3) is 5.91 Å². The van der Waals surface area contributed by atoms with Gasteiger partial charge in [-0.25, -0.2) is 4.39 Å². The van der Waals surface area contributed by atoms with Crippen LogP contribution in [0, 0.1) is 5.82 Å². The van der Waals surface area contributed by atoms with Gasteiger partial charge in [0, 0.05) is 16.1 Å². The highest BCUT2D eigenvalue weighted by Crippen LogP contribution is 2.24. The third-order valence-electron chi connectivity index (χ3n) is 4.02. The van der Waals surface area contributed by atoms with Crippen LogP contribution in [0.3, 0.4) is 0 Å². The van der Waals surface area contributed by atoms with Crippen molar-refractivity contribution in [3.8, 4) is 5.75 Å². The monoisotopic (exact) mass is 397 g/mol. The SMILES string of the molecule is C[C@H](Oc1ccc(F)cc1)C(=O)Nc1ccc(Cl)cc1C(=O)c1ccccc1. The van der Waals surface area contributed by atoms with Gasteiger partial charge in [-0.05, 0) is 49.4 Å². The van der Waals surface area contributed by atoms with Gasteiger partial charge >= 0.3 is 0 Å². The van der Waals surface area contributed by atoms with E-state index in [-0.39, 0.29) is 11.3 Å². The average molecular weight is 398 g/mol. The van der Waals surface area contributed by atoms with E-state index >= 15 is 0 Å². The Morgan fingerprint density at radius 2 is 1.68 bits per heavy atom. The van der Waals surface area contributed by atoms with Crippen molar-refractivity contribution in [2.45, 2.75) is 13.0 Å². The minimum absolute atomic E-state index is 0.259. The van der Waals surface area contributed by atoms with Crippen LogP contribution in [0.25, 0.3) is 0 Å². The molecule has 1 amide bonds. The van der Waals surface area contributed by atoms with E-state index in [1.807, 2.05) is 6.07 Å². The molecule has 0 aromatic heterocycles. The average Bonchev–Trinajstić information content (AvgIpc) is 2.71. The standard InChI is InChI=1S/C22H17ClFNO3/c1-14(28-18-10-8-17(24)9-11-18)22(27)25-20-12-7-16(23)13-19(20)21(26)15-5-3-2-4-6-15/h2-14H,1H3,(H,25,27)/t14-/m0/s1. The molecule has 1 N–H and O–H groups in total. The van der Waals surface area contributed by atoms with Crippen molar-refractivity contribution in [2.24, 2.45) is 0 Å². The summed E-state index contributed by atoms with van der Waals surface area (Å²) in [6.07, 6.45) is -0.860. The molecule has 0 aliphatic carbocycles. The van der Waals surface area contributed by atoms with Crippen molar-refractivity contribution in [2.75, 3.05) is 5.32 Å². The van der Waals surface area contributed by atoms with Gasteiger partial charge in [-0.2, -0.15) is 0 Å². The van der Waals surface area contributed by atoms with Gasteiger partial charge < -0.3 is 10.1 Å². The Bertz CT molecular complexity index is 990. The molecule has 6 heteroatoms. The molecule has 142 valence electrons. The largest absolute Gasteiger partial charge is 0.481 e. The maximum absolute atomic E-state index is 13.0. The van der Waals surface area contributed by atoms with Crippen LogP contribution in [0.1, 0.15) is 22.8 Å². The normalized spacial score (nSPS) is 11.5. The lowest BCUT2D eigenvalue weighted by Crippen LogP contribution is -2.30. The van der Waals surface area contributed by atoms with Crippen LogP contribution in [-0.2, 0) is 4.79 Å². The van der Waals surface area contributed by atoms with E-state index in [1.54, 1.807) is 43.3 Å². The van der Waals surface area contributed by atoms with Crippen LogP contribution >= 0.6 is 11.6 Å². The maximum Gasteiger partial charge on any atom is 0.265 e. The quantitative estimate of drug-likeness (QED) is 0.587. The summed E-state index contributed by atoms with van der Waals surface area (Å²) in [4.78, 5) is 25.3. The van der Waals surface area contributed by atoms with E-state index in [0.29, 0.717) is 22.0 Å². The van der Waals surface area contributed by atoms with Crippen LogP contribution in [0.4, 0.5) is 10.1 Å². The molecule has 0 radical (unpaired) electrons. The molecule has 0 saturated heterocycles. The van der Waals surface area contributed by atoms with E-state index in [1.165, 1.54) is 30.3 Å². The number of nitrogens with one attached hydrogen (secondary N) is 1. The number of ketones is 1. The summed E-state index contributed by atoms with van der Waals surface area (Å²) in [6.45, 7) is 1.56. The second-order valence-electron chi connectivity index (χ2n) is 6.09. The Labute approximate surface area is 166 Å². The van der Waals surface area contributed by atoms with Gasteiger partial charge in [0.1, 0.15) is 11.6 Å². The molecule has 0 spiro atoms. The van der Waals surface area contributed by atoms with Crippen LogP contribution in [0.5, 0.6) is 5.75 Å². The van der Waals surface area contributed by atoms with E-state index in [4.69, 9.17) is 16.3 Å². The van der Waals surface area contributed by atoms with Crippen LogP contribution in [0.2, 0.25) is 5.02 Å². The number of amides is 1. The number of hydrogen-bond acceptors (Lipinski definition) is 3. The molecule has 0 aliphatic heterocycles. The van der Waals surface area contributed by atoms with E-state index < -0.39 is 17.8 Å². The summed E-state index contributed by atoms with van der Waals surface area (Å²) >= 11 is 6.05. The molecular weight excluding hydrogens is 381 g/mol. The second kappa shape index (κ2) is 8.67. The Morgan fingerprint density at radius 3 is 2.36 bits per heavy atom. The van der Waals surface area contributed by atoms with Gasteiger partial charge in [0.2, 0.25) is 0 Å². The number of ether oxygens (including phenoxy) is 1. The molecule has 0 fully saturated rings. The zero-order valence-electron chi connectivity index (χ0n) is 15.0. The lowest BCUT2D eigenvalue weighted by atomic mass is 10.0. The molecule has 0 unspecified atom stereocenters. The molecule has 0 bridgehead atoms. The second-order valence-corrected chi connectivity index (χ2v) is 6.52. The topological polar surface area (TPSA) is 55.4 Å². The van der Waals surface area contributed by atoms with Crippen molar-refractivity contribution in [3.05, 3.63) is 94.8 Å². The number of carbonyl (C=O) groups is 2. The first-order chi connectivity index (χ1) is 13.4. The minimum Gasteiger partial charge on any atom is -0.481 e. The number of rotatable bonds is 6. The van der Waals surface area contributed by atoms with Crippen molar-refractivity contribution in [3.63, 3.8) is 0 Å². The Hall–Kier alpha value is -3.18. The third kappa shape index (κ3) is 4.75. The summed E-state index contributed by atoms with van der Waals surface area (Å²) in [5.41, 5.74) is 1.09. The van der Waals surface area contributed by atoms with Crippen molar-refractivity contribution in [1.82, 2.24) is 0 Å². The number of anilines is 1. The van der Waals surface area contributed by atoms with Gasteiger partial charge in [0.05, 0.1) is 5.69 Å². The van der Waals surface area contributed by atoms with E-state index in [9.17, 15) is 14.0 Å². The summed E-state index contributed by atoms with van der Waals surface area (Å²) in [6, 6.07) is 18.7. The molecule has 3 aromatic carbocycles. The summed E-state index contributed by atoms with van der Waals surface area (Å²) < 4.78 is 18.5. The first-order valence-electron chi connectivity index (χ1n) is 8.56. The first kappa shape index (κ1) is 19.6. The molecule has 28 heavy (non-hydrogen) atoms. The third-order valence-corrected chi connectivity index (χ3v) is 4.25. The zero-order chi connectivity index (χ0) is 20.1. The van der Waals surface area contributed by atoms with E-state index in [2.05, 4.69) is 5.32 Å². The Balaban J connectivity index is 1.79. The zero-order valence-corrected chi connectivity index (χ0v) is 15.7. The number of carbonyl (C=O) groups excluding carboxylic acids is 2. The number of halogens is 2. The molecule has 3 aromatic rings. The van der Waals surface area contributed by atoms with Gasteiger partial charge in [-0.3, -0.25) is 9.59 Å². The van der Waals surface area contributed by atoms with Gasteiger partial charge in [0.15, 0.2) is 11.9 Å². The number of benzene rings is 3. The fraction of sp³-hybridized carbons (Fsp3) is 0.0909. The van der Waals surface area contributed by atoms with Crippen LogP contribution < -0.4 is 10.1 Å². The van der Waals surface area contributed by atoms with Crippen molar-refractivity contribution >= 4 is 29.0 Å². The van der Waals surface area contributed by atoms with Crippen molar-refractivity contribution in [1.29, 1.82) is 0 Å². The number of hydrogen-bond donors (Lipinski definition) is 1. The molecule has 0 heterocycles. The van der Waals surface area contributed by atoms with Crippen molar-refractivity contribution < 1.29 is 18.7 Å². The Morgan fingerprint density at radius 1 is 1.00 bits per heavy atom. The summed E-state index contributed by atoms with van der Waals surface area (Å²) in [5.74, 6) is -0.741. The summed E-state index contributed by atoms with van der Waals surface area (Å²) in [5, 5.41) is 3.08. The van der Waals surface area contributed by atoms with Gasteiger partial charge in [-0.15, -0.1) is 0 Å². The lowest BCUT2D eigenvalue weighted by molar-refractivity contribution is -0.122. The Kier molecular flexibility index (Phi) is 6.06. The molecular formula is C22H17ClFNO3. The molecule has 0 saturated carbocycles. The smallest absolute Gasteiger partial charge is 0.265 e. The molecule has 1 atom stereocenters. The van der Waals surface area contributed by atoms with E-state index in [0.717, 1.165) is 0 Å². The summed E-state index contributed by atoms with van der Waals surface area (Å²) in [7, 11) is 0. The van der Waals surface area contributed by atoms with Crippen LogP contribution in [0.15, 0.2) is 72.8 Å². The lowest BCUT2D eigenvalue weighted by Gasteiger charge is -2.16. The molecule has 3 rings (SSSR count). The molecule has 4 nitrogen and oxygen atoms in total. The first-order valence-corrected chi connectivity index (χ1v) is 8.94. The highest BCUT2D eigenvalue weighted by atomic mass is 35.5. The predicted octanol–water partition coefficient (Wildman–Crippen LogP) is 5.12. The van der Waals surface area contributed by atoms with Gasteiger partial charge in [-0.1, -0.05) is 41.9 Å². The fourth-order valence-electron chi connectivity index (χ4n) is 2.56. The van der Waals surface area contributed by atoms with Crippen LogP contribution in [-0.4, -0.2) is 17.8 Å². The minimum atomic E-state index is -0.860. The highest BCUT2D eigenvalue weighted by molar-refractivity contribution is 6.31.